The van der Waals surface area contributed by atoms with E-state index in [1.54, 1.807) is 30.5 Å². The van der Waals surface area contributed by atoms with Crippen molar-refractivity contribution in [3.8, 4) is 17.0 Å². The number of fused-ring (bicyclic) bond motifs is 2. The summed E-state index contributed by atoms with van der Waals surface area (Å²) in [5.74, 6) is 0.728. The number of nitrogens with zero attached hydrogens (tertiary/aromatic N) is 2. The average molecular weight is 340 g/mol. The van der Waals surface area contributed by atoms with E-state index < -0.39 is 0 Å². The maximum atomic E-state index is 7.35. The van der Waals surface area contributed by atoms with Crippen LogP contribution in [0.2, 0.25) is 5.02 Å². The third-order valence-corrected chi connectivity index (χ3v) is 5.09. The molecule has 0 saturated carbocycles. The molecule has 4 rings (SSSR count). The number of piperidine rings is 1. The minimum Gasteiger partial charge on any atom is -0.492 e. The number of benzene rings is 1. The first-order chi connectivity index (χ1) is 11.7. The summed E-state index contributed by atoms with van der Waals surface area (Å²) in [7, 11) is 0. The van der Waals surface area contributed by atoms with E-state index in [1.807, 2.05) is 6.07 Å². The van der Waals surface area contributed by atoms with Crippen LogP contribution in [0.5, 0.6) is 5.75 Å². The molecule has 0 amide bonds. The summed E-state index contributed by atoms with van der Waals surface area (Å²) in [5, 5.41) is 4.19. The largest absolute Gasteiger partial charge is 0.492 e. The number of hydrogen-bond donors (Lipinski definition) is 1. The zero-order valence-corrected chi connectivity index (χ0v) is 14.0. The summed E-state index contributed by atoms with van der Waals surface area (Å²) in [6, 6.07) is 10.3. The fourth-order valence-corrected chi connectivity index (χ4v) is 3.98. The smallest absolute Gasteiger partial charge is 0.191 e. The summed E-state index contributed by atoms with van der Waals surface area (Å²) in [5.41, 5.74) is 2.04. The summed E-state index contributed by atoms with van der Waals surface area (Å²) < 4.78 is 6.23. The van der Waals surface area contributed by atoms with Crippen LogP contribution in [0.25, 0.3) is 16.1 Å². The lowest BCUT2D eigenvalue weighted by atomic mass is 10.0. The molecular formula is C19H18ClN3O. The van der Waals surface area contributed by atoms with Gasteiger partial charge in [0.05, 0.1) is 17.3 Å². The minimum absolute atomic E-state index is 0.205. The molecule has 1 unspecified atom stereocenters. The Bertz CT molecular complexity index is 789. The molecule has 24 heavy (non-hydrogen) atoms. The van der Waals surface area contributed by atoms with E-state index in [2.05, 4.69) is 15.1 Å². The highest BCUT2D eigenvalue weighted by molar-refractivity contribution is 6.33. The number of halogens is 1. The molecule has 2 fully saturated rings. The number of nitrogens with one attached hydrogen (secondary N) is 1. The summed E-state index contributed by atoms with van der Waals surface area (Å²) >= 11 is 6.26. The van der Waals surface area contributed by atoms with Crippen molar-refractivity contribution in [1.82, 2.24) is 10.3 Å². The number of ether oxygens (including phenoxy) is 1. The molecule has 0 spiro atoms. The van der Waals surface area contributed by atoms with E-state index in [0.717, 1.165) is 24.2 Å². The molecule has 2 saturated heterocycles. The molecule has 2 aromatic rings. The molecule has 0 radical (unpaired) electrons. The number of aromatic nitrogens is 1. The van der Waals surface area contributed by atoms with Crippen molar-refractivity contribution in [3.05, 3.63) is 53.0 Å². The molecule has 2 aliphatic heterocycles. The monoisotopic (exact) mass is 339 g/mol. The van der Waals surface area contributed by atoms with Gasteiger partial charge in [-0.05, 0) is 61.6 Å². The van der Waals surface area contributed by atoms with Crippen LogP contribution in [0.3, 0.4) is 0 Å². The van der Waals surface area contributed by atoms with Crippen molar-refractivity contribution in [2.45, 2.75) is 43.9 Å². The topological polar surface area (TPSA) is 38.5 Å². The number of pyridine rings is 1. The Kier molecular flexibility index (Phi) is 4.13. The third kappa shape index (κ3) is 3.10. The second-order valence-electron chi connectivity index (χ2n) is 6.51. The van der Waals surface area contributed by atoms with Crippen molar-refractivity contribution in [1.29, 1.82) is 0 Å². The van der Waals surface area contributed by atoms with Gasteiger partial charge in [-0.1, -0.05) is 11.6 Å². The molecule has 1 aromatic carbocycles. The summed E-state index contributed by atoms with van der Waals surface area (Å²) in [6.07, 6.45) is 6.44. The van der Waals surface area contributed by atoms with Gasteiger partial charge in [-0.25, -0.2) is 4.85 Å². The van der Waals surface area contributed by atoms with Gasteiger partial charge in [0.1, 0.15) is 11.9 Å². The van der Waals surface area contributed by atoms with Gasteiger partial charge < -0.3 is 10.1 Å². The van der Waals surface area contributed by atoms with Crippen molar-refractivity contribution >= 4 is 17.3 Å². The van der Waals surface area contributed by atoms with E-state index in [4.69, 9.17) is 22.9 Å². The molecule has 2 bridgehead atoms. The van der Waals surface area contributed by atoms with Crippen molar-refractivity contribution in [2.24, 2.45) is 0 Å². The van der Waals surface area contributed by atoms with Crippen molar-refractivity contribution in [2.75, 3.05) is 0 Å². The molecule has 3 atom stereocenters. The molecule has 5 heteroatoms. The first kappa shape index (κ1) is 15.4. The molecule has 1 N–H and O–H groups in total. The van der Waals surface area contributed by atoms with E-state index in [1.165, 1.54) is 12.8 Å². The molecule has 1 aromatic heterocycles. The predicted octanol–water partition coefficient (Wildman–Crippen LogP) is 4.61. The van der Waals surface area contributed by atoms with E-state index >= 15 is 0 Å². The van der Waals surface area contributed by atoms with Crippen LogP contribution in [0.4, 0.5) is 5.69 Å². The fourth-order valence-electron chi connectivity index (χ4n) is 3.74. The van der Waals surface area contributed by atoms with Crippen molar-refractivity contribution < 1.29 is 4.74 Å². The Morgan fingerprint density at radius 3 is 2.71 bits per heavy atom. The van der Waals surface area contributed by atoms with Crippen LogP contribution in [0.1, 0.15) is 25.7 Å². The molecule has 0 aliphatic carbocycles. The lowest BCUT2D eigenvalue weighted by molar-refractivity contribution is 0.137. The lowest BCUT2D eigenvalue weighted by Crippen LogP contribution is -2.42. The third-order valence-electron chi connectivity index (χ3n) is 4.78. The van der Waals surface area contributed by atoms with Crippen LogP contribution in [0.15, 0.2) is 36.5 Å². The maximum absolute atomic E-state index is 7.35. The van der Waals surface area contributed by atoms with Crippen LogP contribution in [0, 0.1) is 6.57 Å². The molecule has 4 nitrogen and oxygen atoms in total. The summed E-state index contributed by atoms with van der Waals surface area (Å²) in [6.45, 7) is 7.35. The second-order valence-corrected chi connectivity index (χ2v) is 6.92. The molecule has 3 heterocycles. The number of hydrogen-bond acceptors (Lipinski definition) is 3. The van der Waals surface area contributed by atoms with E-state index in [9.17, 15) is 0 Å². The molecule has 2 aliphatic rings. The highest BCUT2D eigenvalue weighted by Gasteiger charge is 2.34. The highest BCUT2D eigenvalue weighted by atomic mass is 35.5. The van der Waals surface area contributed by atoms with Crippen LogP contribution in [-0.4, -0.2) is 23.2 Å². The lowest BCUT2D eigenvalue weighted by Gasteiger charge is -2.29. The normalized spacial score (nSPS) is 25.2. The Balaban J connectivity index is 1.63. The van der Waals surface area contributed by atoms with Gasteiger partial charge in [0.15, 0.2) is 5.69 Å². The maximum Gasteiger partial charge on any atom is 0.191 e. The van der Waals surface area contributed by atoms with Crippen molar-refractivity contribution in [3.63, 3.8) is 0 Å². The van der Waals surface area contributed by atoms with E-state index in [-0.39, 0.29) is 6.10 Å². The Labute approximate surface area is 146 Å². The van der Waals surface area contributed by atoms with Gasteiger partial charge in [0, 0.05) is 18.3 Å². The van der Waals surface area contributed by atoms with Crippen LogP contribution >= 0.6 is 11.6 Å². The van der Waals surface area contributed by atoms with Gasteiger partial charge in [-0.2, -0.15) is 0 Å². The standard InChI is InChI=1S/C19H18ClN3O/c1-21-15-7-12(19-18(20)3-2-6-22-19)8-16(11-15)24-17-9-13-4-5-14(10-17)23-13/h2-3,6-8,11,13-14,17,23H,4-5,9-10H2/t13-,14+,17?. The predicted molar refractivity (Wildman–Crippen MR) is 94.5 cm³/mol. The van der Waals surface area contributed by atoms with Gasteiger partial charge in [0.2, 0.25) is 0 Å². The fraction of sp³-hybridized carbons (Fsp3) is 0.368. The highest BCUT2D eigenvalue weighted by Crippen LogP contribution is 2.35. The SMILES string of the molecule is [C-]#[N+]c1cc(OC2C[C@H]3CC[C@@H](C2)N3)cc(-c2ncccc2Cl)c1. The Hall–Kier alpha value is -2.09. The minimum atomic E-state index is 0.205. The van der Waals surface area contributed by atoms with Gasteiger partial charge in [0.25, 0.3) is 0 Å². The Morgan fingerprint density at radius 1 is 1.21 bits per heavy atom. The van der Waals surface area contributed by atoms with Crippen LogP contribution in [-0.2, 0) is 0 Å². The first-order valence-corrected chi connectivity index (χ1v) is 8.65. The zero-order chi connectivity index (χ0) is 16.5. The zero-order valence-electron chi connectivity index (χ0n) is 13.2. The average Bonchev–Trinajstić information content (AvgIpc) is 2.93. The Morgan fingerprint density at radius 2 is 2.00 bits per heavy atom. The molecular weight excluding hydrogens is 322 g/mol. The van der Waals surface area contributed by atoms with Gasteiger partial charge >= 0.3 is 0 Å². The van der Waals surface area contributed by atoms with E-state index in [0.29, 0.717) is 28.5 Å². The van der Waals surface area contributed by atoms with Crippen LogP contribution < -0.4 is 10.1 Å². The quantitative estimate of drug-likeness (QED) is 0.829. The first-order valence-electron chi connectivity index (χ1n) is 8.27. The number of rotatable bonds is 3. The van der Waals surface area contributed by atoms with Gasteiger partial charge in [-0.3, -0.25) is 4.98 Å². The summed E-state index contributed by atoms with van der Waals surface area (Å²) in [4.78, 5) is 7.91. The molecule has 122 valence electrons. The van der Waals surface area contributed by atoms with Gasteiger partial charge in [-0.15, -0.1) is 0 Å². The second kappa shape index (κ2) is 6.43.